The molecule has 1 rings (SSSR count). The van der Waals surface area contributed by atoms with E-state index in [9.17, 15) is 4.79 Å². The average Bonchev–Trinajstić information content (AvgIpc) is 2.62. The summed E-state index contributed by atoms with van der Waals surface area (Å²) in [5, 5.41) is 8.82. The smallest absolute Gasteiger partial charge is 0.373 e. The van der Waals surface area contributed by atoms with Gasteiger partial charge in [0.05, 0.1) is 12.3 Å². The summed E-state index contributed by atoms with van der Waals surface area (Å²) in [5.41, 5.74) is 0.494. The van der Waals surface area contributed by atoms with Crippen LogP contribution in [0.25, 0.3) is 0 Å². The van der Waals surface area contributed by atoms with Crippen LogP contribution in [0, 0.1) is 0 Å². The van der Waals surface area contributed by atoms with Gasteiger partial charge < -0.3 is 14.3 Å². The molecular formula is C10H15NO4. The van der Waals surface area contributed by atoms with Gasteiger partial charge in [-0.2, -0.15) is 0 Å². The van der Waals surface area contributed by atoms with Crippen LogP contribution in [-0.4, -0.2) is 29.3 Å². The number of carboxylic acids is 1. The molecule has 0 bridgehead atoms. The normalized spacial score (nSPS) is 10.5. The summed E-state index contributed by atoms with van der Waals surface area (Å²) in [6, 6.07) is 0. The Bertz CT molecular complexity index is 332. The Morgan fingerprint density at radius 3 is 2.73 bits per heavy atom. The number of rotatable bonds is 6. The minimum Gasteiger partial charge on any atom is -0.475 e. The SMILES string of the molecule is CCOCCc1nc(CC)c(C(=O)O)o1. The van der Waals surface area contributed by atoms with Crippen LogP contribution < -0.4 is 0 Å². The largest absolute Gasteiger partial charge is 0.475 e. The first-order chi connectivity index (χ1) is 7.19. The number of nitrogens with zero attached hydrogens (tertiary/aromatic N) is 1. The number of carboxylic acid groups (broad SMARTS) is 1. The van der Waals surface area contributed by atoms with Crippen LogP contribution in [0.4, 0.5) is 0 Å². The zero-order valence-corrected chi connectivity index (χ0v) is 8.95. The van der Waals surface area contributed by atoms with E-state index in [0.717, 1.165) is 0 Å². The van der Waals surface area contributed by atoms with E-state index < -0.39 is 5.97 Å². The molecule has 0 aliphatic rings. The van der Waals surface area contributed by atoms with Gasteiger partial charge in [-0.3, -0.25) is 0 Å². The van der Waals surface area contributed by atoms with Gasteiger partial charge >= 0.3 is 5.97 Å². The maximum Gasteiger partial charge on any atom is 0.373 e. The molecule has 0 aromatic carbocycles. The highest BCUT2D eigenvalue weighted by Crippen LogP contribution is 2.12. The second kappa shape index (κ2) is 5.50. The summed E-state index contributed by atoms with van der Waals surface area (Å²) in [6.07, 6.45) is 1.06. The van der Waals surface area contributed by atoms with Crippen molar-refractivity contribution in [3.63, 3.8) is 0 Å². The molecule has 0 amide bonds. The van der Waals surface area contributed by atoms with Crippen molar-refractivity contribution in [2.45, 2.75) is 26.7 Å². The highest BCUT2D eigenvalue weighted by Gasteiger charge is 2.17. The fourth-order valence-corrected chi connectivity index (χ4v) is 1.22. The topological polar surface area (TPSA) is 72.6 Å². The Hall–Kier alpha value is -1.36. The van der Waals surface area contributed by atoms with E-state index in [0.29, 0.717) is 37.6 Å². The zero-order chi connectivity index (χ0) is 11.3. The van der Waals surface area contributed by atoms with E-state index in [1.54, 1.807) is 0 Å². The molecule has 1 N–H and O–H groups in total. The van der Waals surface area contributed by atoms with Gasteiger partial charge in [0.15, 0.2) is 5.89 Å². The van der Waals surface area contributed by atoms with Crippen LogP contribution in [0.15, 0.2) is 4.42 Å². The average molecular weight is 213 g/mol. The monoisotopic (exact) mass is 213 g/mol. The second-order valence-electron chi connectivity index (χ2n) is 2.99. The standard InChI is InChI=1S/C10H15NO4/c1-3-7-9(10(12)13)15-8(11-7)5-6-14-4-2/h3-6H2,1-2H3,(H,12,13). The van der Waals surface area contributed by atoms with Crippen LogP contribution in [0.5, 0.6) is 0 Å². The summed E-state index contributed by atoms with van der Waals surface area (Å²) in [5.74, 6) is -0.691. The van der Waals surface area contributed by atoms with E-state index in [-0.39, 0.29) is 5.76 Å². The zero-order valence-electron chi connectivity index (χ0n) is 8.95. The molecule has 15 heavy (non-hydrogen) atoms. The summed E-state index contributed by atoms with van der Waals surface area (Å²) in [6.45, 7) is 4.87. The van der Waals surface area contributed by atoms with Crippen LogP contribution in [0.3, 0.4) is 0 Å². The lowest BCUT2D eigenvalue weighted by Gasteiger charge is -1.95. The van der Waals surface area contributed by atoms with Crippen molar-refractivity contribution in [2.24, 2.45) is 0 Å². The van der Waals surface area contributed by atoms with E-state index in [1.807, 2.05) is 13.8 Å². The lowest BCUT2D eigenvalue weighted by Crippen LogP contribution is -1.98. The van der Waals surface area contributed by atoms with Gasteiger partial charge in [-0.1, -0.05) is 6.92 Å². The van der Waals surface area contributed by atoms with Crippen molar-refractivity contribution in [3.8, 4) is 0 Å². The van der Waals surface area contributed by atoms with Gasteiger partial charge in [0.25, 0.3) is 0 Å². The van der Waals surface area contributed by atoms with Crippen molar-refractivity contribution in [1.29, 1.82) is 0 Å². The summed E-state index contributed by atoms with van der Waals surface area (Å²) in [4.78, 5) is 14.9. The summed E-state index contributed by atoms with van der Waals surface area (Å²) >= 11 is 0. The lowest BCUT2D eigenvalue weighted by atomic mass is 10.3. The van der Waals surface area contributed by atoms with Crippen molar-refractivity contribution in [2.75, 3.05) is 13.2 Å². The molecule has 5 nitrogen and oxygen atoms in total. The number of carbonyl (C=O) groups is 1. The molecule has 0 spiro atoms. The molecule has 0 aliphatic heterocycles. The van der Waals surface area contributed by atoms with Crippen molar-refractivity contribution in [3.05, 3.63) is 17.3 Å². The van der Waals surface area contributed by atoms with Gasteiger partial charge in [-0.25, -0.2) is 9.78 Å². The maximum absolute atomic E-state index is 10.8. The highest BCUT2D eigenvalue weighted by molar-refractivity contribution is 5.85. The highest BCUT2D eigenvalue weighted by atomic mass is 16.5. The molecule has 0 radical (unpaired) electrons. The first-order valence-electron chi connectivity index (χ1n) is 4.98. The lowest BCUT2D eigenvalue weighted by molar-refractivity contribution is 0.0657. The molecule has 5 heteroatoms. The Labute approximate surface area is 88.1 Å². The number of hydrogen-bond acceptors (Lipinski definition) is 4. The minimum atomic E-state index is -1.07. The fraction of sp³-hybridized carbons (Fsp3) is 0.600. The van der Waals surface area contributed by atoms with Gasteiger partial charge in [0.2, 0.25) is 5.76 Å². The minimum absolute atomic E-state index is 0.0519. The number of ether oxygens (including phenoxy) is 1. The van der Waals surface area contributed by atoms with Crippen LogP contribution in [0.2, 0.25) is 0 Å². The third-order valence-electron chi connectivity index (χ3n) is 1.94. The predicted octanol–water partition coefficient (Wildman–Crippen LogP) is 1.51. The van der Waals surface area contributed by atoms with Crippen molar-refractivity contribution in [1.82, 2.24) is 4.98 Å². The number of aromatic carboxylic acids is 1. The fourth-order valence-electron chi connectivity index (χ4n) is 1.22. The molecule has 1 heterocycles. The Kier molecular flexibility index (Phi) is 4.30. The van der Waals surface area contributed by atoms with E-state index in [1.165, 1.54) is 0 Å². The molecule has 1 aromatic rings. The Morgan fingerprint density at radius 2 is 2.27 bits per heavy atom. The summed E-state index contributed by atoms with van der Waals surface area (Å²) < 4.78 is 10.3. The third-order valence-corrected chi connectivity index (χ3v) is 1.94. The van der Waals surface area contributed by atoms with Gasteiger partial charge in [-0.05, 0) is 13.3 Å². The first kappa shape index (κ1) is 11.7. The molecule has 0 saturated heterocycles. The van der Waals surface area contributed by atoms with E-state index in [2.05, 4.69) is 4.98 Å². The van der Waals surface area contributed by atoms with Crippen molar-refractivity contribution < 1.29 is 19.1 Å². The maximum atomic E-state index is 10.8. The summed E-state index contributed by atoms with van der Waals surface area (Å²) in [7, 11) is 0. The Morgan fingerprint density at radius 1 is 1.53 bits per heavy atom. The van der Waals surface area contributed by atoms with Gasteiger partial charge in [0, 0.05) is 13.0 Å². The molecule has 84 valence electrons. The molecule has 0 aliphatic carbocycles. The molecular weight excluding hydrogens is 198 g/mol. The molecule has 0 saturated carbocycles. The van der Waals surface area contributed by atoms with Crippen molar-refractivity contribution >= 4 is 5.97 Å². The predicted molar refractivity (Wildman–Crippen MR) is 53.0 cm³/mol. The molecule has 0 unspecified atom stereocenters. The first-order valence-corrected chi connectivity index (χ1v) is 4.98. The molecule has 1 aromatic heterocycles. The van der Waals surface area contributed by atoms with Gasteiger partial charge in [-0.15, -0.1) is 0 Å². The van der Waals surface area contributed by atoms with E-state index >= 15 is 0 Å². The van der Waals surface area contributed by atoms with Gasteiger partial charge in [0.1, 0.15) is 0 Å². The van der Waals surface area contributed by atoms with Crippen LogP contribution in [0.1, 0.15) is 36.0 Å². The number of aromatic nitrogens is 1. The van der Waals surface area contributed by atoms with Crippen LogP contribution >= 0.6 is 0 Å². The van der Waals surface area contributed by atoms with Crippen LogP contribution in [-0.2, 0) is 17.6 Å². The quantitative estimate of drug-likeness (QED) is 0.725. The number of aryl methyl sites for hydroxylation is 1. The van der Waals surface area contributed by atoms with E-state index in [4.69, 9.17) is 14.3 Å². The Balaban J connectivity index is 2.70. The third kappa shape index (κ3) is 3.06. The molecule has 0 atom stereocenters. The number of hydrogen-bond donors (Lipinski definition) is 1. The second-order valence-corrected chi connectivity index (χ2v) is 2.99. The number of oxazole rings is 1. The molecule has 0 fully saturated rings.